The fourth-order valence-corrected chi connectivity index (χ4v) is 5.32. The van der Waals surface area contributed by atoms with Gasteiger partial charge in [0, 0.05) is 36.8 Å². The lowest BCUT2D eigenvalue weighted by Gasteiger charge is -2.36. The first-order valence-corrected chi connectivity index (χ1v) is 9.14. The highest BCUT2D eigenvalue weighted by Gasteiger charge is 2.57. The fraction of sp³-hybridized carbons (Fsp3) is 0.875. The third-order valence-electron chi connectivity index (χ3n) is 5.52. The highest BCUT2D eigenvalue weighted by molar-refractivity contribution is 8.15. The number of fused-ring (bicyclic) bond motifs is 1. The van der Waals surface area contributed by atoms with Gasteiger partial charge in [0.25, 0.3) is 0 Å². The van der Waals surface area contributed by atoms with Gasteiger partial charge in [-0.3, -0.25) is 9.79 Å². The molecule has 4 nitrogen and oxygen atoms in total. The number of carbonyl (C=O) groups excluding carboxylic acids is 1. The molecule has 4 aliphatic rings. The van der Waals surface area contributed by atoms with Crippen molar-refractivity contribution in [2.75, 3.05) is 32.7 Å². The lowest BCUT2D eigenvalue weighted by Crippen LogP contribution is -2.50. The van der Waals surface area contributed by atoms with Crippen LogP contribution in [0.25, 0.3) is 0 Å². The monoisotopic (exact) mass is 307 g/mol. The van der Waals surface area contributed by atoms with Gasteiger partial charge in [0.05, 0.1) is 6.54 Å². The number of piperazine rings is 1. The molecule has 5 heteroatoms. The largest absolute Gasteiger partial charge is 0.348 e. The summed E-state index contributed by atoms with van der Waals surface area (Å²) >= 11 is 1.89. The minimum atomic E-state index is 0.244. The Morgan fingerprint density at radius 3 is 2.43 bits per heavy atom. The van der Waals surface area contributed by atoms with E-state index in [1.807, 2.05) is 11.8 Å². The number of amidine groups is 1. The van der Waals surface area contributed by atoms with Gasteiger partial charge in [-0.2, -0.15) is 0 Å². The van der Waals surface area contributed by atoms with Crippen molar-refractivity contribution in [3.8, 4) is 0 Å². The van der Waals surface area contributed by atoms with Gasteiger partial charge in [-0.15, -0.1) is 0 Å². The first kappa shape index (κ1) is 13.9. The van der Waals surface area contributed by atoms with Crippen LogP contribution in [0.2, 0.25) is 0 Å². The molecule has 1 amide bonds. The third kappa shape index (κ3) is 2.47. The molecule has 2 saturated carbocycles. The standard InChI is InChI=1S/C16H25N3OS/c1-16(2)10-17-15(21-16)19-8-6-18(7-9-19)14(20)13-11-4-3-5-12(11)13/h11-13H,3-10H2,1-2H3/t11-,12-/m0/s1. The molecule has 2 aliphatic heterocycles. The molecule has 0 radical (unpaired) electrons. The second-order valence-electron chi connectivity index (χ2n) is 7.56. The summed E-state index contributed by atoms with van der Waals surface area (Å²) in [6.45, 7) is 9.09. The molecular weight excluding hydrogens is 282 g/mol. The number of carbonyl (C=O) groups is 1. The maximum Gasteiger partial charge on any atom is 0.226 e. The van der Waals surface area contributed by atoms with E-state index in [0.29, 0.717) is 11.8 Å². The summed E-state index contributed by atoms with van der Waals surface area (Å²) in [6, 6.07) is 0. The van der Waals surface area contributed by atoms with E-state index in [4.69, 9.17) is 0 Å². The van der Waals surface area contributed by atoms with E-state index in [2.05, 4.69) is 28.6 Å². The number of thioether (sulfide) groups is 1. The van der Waals surface area contributed by atoms with Crippen LogP contribution >= 0.6 is 11.8 Å². The third-order valence-corrected chi connectivity index (χ3v) is 6.77. The first-order chi connectivity index (χ1) is 10.1. The summed E-state index contributed by atoms with van der Waals surface area (Å²) in [5, 5.41) is 1.19. The lowest BCUT2D eigenvalue weighted by molar-refractivity contribution is -0.134. The molecule has 2 aliphatic carbocycles. The molecule has 0 spiro atoms. The van der Waals surface area contributed by atoms with E-state index < -0.39 is 0 Å². The van der Waals surface area contributed by atoms with Gasteiger partial charge in [-0.05, 0) is 38.5 Å². The Kier molecular flexibility index (Phi) is 3.25. The number of hydrogen-bond donors (Lipinski definition) is 0. The molecule has 1 saturated heterocycles. The van der Waals surface area contributed by atoms with E-state index >= 15 is 0 Å². The molecule has 2 heterocycles. The Hall–Kier alpha value is -0.710. The average Bonchev–Trinajstić information content (AvgIpc) is 2.82. The zero-order valence-electron chi connectivity index (χ0n) is 13.0. The average molecular weight is 307 g/mol. The van der Waals surface area contributed by atoms with Gasteiger partial charge < -0.3 is 9.80 Å². The molecule has 0 aromatic rings. The van der Waals surface area contributed by atoms with Crippen LogP contribution in [0.5, 0.6) is 0 Å². The van der Waals surface area contributed by atoms with Gasteiger partial charge >= 0.3 is 0 Å². The molecule has 4 rings (SSSR count). The number of amides is 1. The molecule has 3 fully saturated rings. The second-order valence-corrected chi connectivity index (χ2v) is 9.23. The Bertz CT molecular complexity index is 472. The number of aliphatic imine (C=N–C) groups is 1. The molecule has 0 bridgehead atoms. The fourth-order valence-electron chi connectivity index (χ4n) is 4.25. The Balaban J connectivity index is 1.30. The topological polar surface area (TPSA) is 35.9 Å². The van der Waals surface area contributed by atoms with Crippen LogP contribution in [0.4, 0.5) is 0 Å². The molecule has 0 aromatic heterocycles. The maximum absolute atomic E-state index is 12.6. The van der Waals surface area contributed by atoms with E-state index in [1.165, 1.54) is 24.4 Å². The van der Waals surface area contributed by atoms with Crippen molar-refractivity contribution in [3.63, 3.8) is 0 Å². The van der Waals surface area contributed by atoms with Gasteiger partial charge in [-0.1, -0.05) is 18.2 Å². The summed E-state index contributed by atoms with van der Waals surface area (Å²) in [5.74, 6) is 2.32. The molecule has 116 valence electrons. The van der Waals surface area contributed by atoms with Crippen LogP contribution in [0.15, 0.2) is 4.99 Å². The Morgan fingerprint density at radius 1 is 1.19 bits per heavy atom. The van der Waals surface area contributed by atoms with Crippen molar-refractivity contribution in [1.82, 2.24) is 9.80 Å². The summed E-state index contributed by atoms with van der Waals surface area (Å²) in [6.07, 6.45) is 3.94. The number of hydrogen-bond acceptors (Lipinski definition) is 4. The molecule has 21 heavy (non-hydrogen) atoms. The van der Waals surface area contributed by atoms with Crippen molar-refractivity contribution in [2.45, 2.75) is 37.9 Å². The van der Waals surface area contributed by atoms with E-state index in [9.17, 15) is 4.79 Å². The highest BCUT2D eigenvalue weighted by atomic mass is 32.2. The molecule has 0 unspecified atom stereocenters. The van der Waals surface area contributed by atoms with E-state index in [-0.39, 0.29) is 4.75 Å². The summed E-state index contributed by atoms with van der Waals surface area (Å²) in [4.78, 5) is 21.7. The van der Waals surface area contributed by atoms with Crippen molar-refractivity contribution >= 4 is 22.8 Å². The molecule has 2 atom stereocenters. The Morgan fingerprint density at radius 2 is 1.86 bits per heavy atom. The van der Waals surface area contributed by atoms with Crippen molar-refractivity contribution in [2.24, 2.45) is 22.7 Å². The molecule has 0 N–H and O–H groups in total. The quantitative estimate of drug-likeness (QED) is 0.744. The maximum atomic E-state index is 12.6. The van der Waals surface area contributed by atoms with Gasteiger partial charge in [0.15, 0.2) is 5.17 Å². The second kappa shape index (κ2) is 4.90. The number of rotatable bonds is 1. The van der Waals surface area contributed by atoms with E-state index in [1.54, 1.807) is 0 Å². The first-order valence-electron chi connectivity index (χ1n) is 8.32. The van der Waals surface area contributed by atoms with Crippen LogP contribution < -0.4 is 0 Å². The SMILES string of the molecule is CC1(C)CN=C(N2CCN(C(=O)C3[C@H]4CCC[C@H]34)CC2)S1. The van der Waals surface area contributed by atoms with Crippen LogP contribution in [-0.4, -0.2) is 58.3 Å². The van der Waals surface area contributed by atoms with Crippen LogP contribution in [0.3, 0.4) is 0 Å². The van der Waals surface area contributed by atoms with Gasteiger partial charge in [0.2, 0.25) is 5.91 Å². The normalized spacial score (nSPS) is 37.4. The minimum absolute atomic E-state index is 0.244. The Labute approximate surface area is 131 Å². The molecular formula is C16H25N3OS. The van der Waals surface area contributed by atoms with Crippen LogP contribution in [-0.2, 0) is 4.79 Å². The zero-order chi connectivity index (χ0) is 14.6. The number of nitrogens with zero attached hydrogens (tertiary/aromatic N) is 3. The smallest absolute Gasteiger partial charge is 0.226 e. The summed E-state index contributed by atoms with van der Waals surface area (Å²) in [7, 11) is 0. The predicted octanol–water partition coefficient (Wildman–Crippen LogP) is 2.06. The minimum Gasteiger partial charge on any atom is -0.348 e. The van der Waals surface area contributed by atoms with Crippen LogP contribution in [0.1, 0.15) is 33.1 Å². The molecule has 0 aromatic carbocycles. The highest BCUT2D eigenvalue weighted by Crippen LogP contribution is 2.58. The lowest BCUT2D eigenvalue weighted by atomic mass is 10.1. The predicted molar refractivity (Wildman–Crippen MR) is 86.4 cm³/mol. The zero-order valence-corrected chi connectivity index (χ0v) is 13.9. The summed E-state index contributed by atoms with van der Waals surface area (Å²) in [5.41, 5.74) is 0. The van der Waals surface area contributed by atoms with Crippen molar-refractivity contribution in [3.05, 3.63) is 0 Å². The van der Waals surface area contributed by atoms with Crippen LogP contribution in [0, 0.1) is 17.8 Å². The summed E-state index contributed by atoms with van der Waals surface area (Å²) < 4.78 is 0.244. The van der Waals surface area contributed by atoms with Crippen molar-refractivity contribution in [1.29, 1.82) is 0 Å². The van der Waals surface area contributed by atoms with Crippen molar-refractivity contribution < 1.29 is 4.79 Å². The van der Waals surface area contributed by atoms with Gasteiger partial charge in [0.1, 0.15) is 0 Å². The van der Waals surface area contributed by atoms with Gasteiger partial charge in [-0.25, -0.2) is 0 Å². The van der Waals surface area contributed by atoms with E-state index in [0.717, 1.165) is 44.6 Å².